The van der Waals surface area contributed by atoms with Gasteiger partial charge >= 0.3 is 0 Å². The molecule has 4 nitrogen and oxygen atoms in total. The fraction of sp³-hybridized carbons (Fsp3) is 0.944. The van der Waals surface area contributed by atoms with E-state index in [9.17, 15) is 0 Å². The first-order valence-electron chi connectivity index (χ1n) is 9.37. The van der Waals surface area contributed by atoms with Crippen LogP contribution in [0, 0.1) is 0 Å². The number of rotatable bonds is 10. The summed E-state index contributed by atoms with van der Waals surface area (Å²) >= 11 is 1.87. The first-order valence-corrected chi connectivity index (χ1v) is 10.6. The van der Waals surface area contributed by atoms with Gasteiger partial charge in [-0.3, -0.25) is 4.99 Å². The van der Waals surface area contributed by atoms with Crippen LogP contribution < -0.4 is 10.6 Å². The first kappa shape index (κ1) is 20.6. The van der Waals surface area contributed by atoms with Crippen molar-refractivity contribution in [2.45, 2.75) is 64.0 Å². The molecule has 0 radical (unpaired) electrons. The lowest BCUT2D eigenvalue weighted by molar-refractivity contribution is 0.224. The van der Waals surface area contributed by atoms with Crippen LogP contribution in [-0.2, 0) is 0 Å². The van der Waals surface area contributed by atoms with Gasteiger partial charge < -0.3 is 15.5 Å². The third-order valence-electron chi connectivity index (χ3n) is 4.41. The second kappa shape index (κ2) is 12.0. The van der Waals surface area contributed by atoms with E-state index in [1.165, 1.54) is 58.2 Å². The average molecular weight is 343 g/mol. The van der Waals surface area contributed by atoms with Gasteiger partial charge in [-0.2, -0.15) is 11.8 Å². The molecule has 1 heterocycles. The number of nitrogens with zero attached hydrogens (tertiary/aromatic N) is 2. The molecule has 1 aliphatic rings. The van der Waals surface area contributed by atoms with E-state index in [2.05, 4.69) is 42.6 Å². The van der Waals surface area contributed by atoms with Gasteiger partial charge in [-0.25, -0.2) is 0 Å². The molecule has 0 unspecified atom stereocenters. The summed E-state index contributed by atoms with van der Waals surface area (Å²) in [5.74, 6) is 0.964. The summed E-state index contributed by atoms with van der Waals surface area (Å²) in [7, 11) is 0. The smallest absolute Gasteiger partial charge is 0.191 e. The Kier molecular flexibility index (Phi) is 10.8. The Morgan fingerprint density at radius 3 is 2.48 bits per heavy atom. The molecule has 0 bridgehead atoms. The summed E-state index contributed by atoms with van der Waals surface area (Å²) in [6, 6.07) is 0. The minimum absolute atomic E-state index is 0.205. The molecule has 0 atom stereocenters. The van der Waals surface area contributed by atoms with E-state index >= 15 is 0 Å². The highest BCUT2D eigenvalue weighted by Crippen LogP contribution is 2.20. The quantitative estimate of drug-likeness (QED) is 0.363. The molecular weight excluding hydrogens is 304 g/mol. The maximum absolute atomic E-state index is 4.71. The van der Waals surface area contributed by atoms with E-state index in [1.807, 2.05) is 11.8 Å². The van der Waals surface area contributed by atoms with Gasteiger partial charge in [-0.05, 0) is 72.3 Å². The van der Waals surface area contributed by atoms with Crippen LogP contribution in [0.2, 0.25) is 0 Å². The number of hydrogen-bond acceptors (Lipinski definition) is 3. The van der Waals surface area contributed by atoms with Gasteiger partial charge in [0.2, 0.25) is 0 Å². The van der Waals surface area contributed by atoms with Gasteiger partial charge in [0.15, 0.2) is 5.96 Å². The monoisotopic (exact) mass is 342 g/mol. The van der Waals surface area contributed by atoms with E-state index in [4.69, 9.17) is 4.99 Å². The van der Waals surface area contributed by atoms with Crippen molar-refractivity contribution in [2.24, 2.45) is 4.99 Å². The number of likely N-dealkylation sites (tertiary alicyclic amines) is 1. The lowest BCUT2D eigenvalue weighted by atomic mass is 10.1. The molecule has 5 heteroatoms. The molecule has 136 valence electrons. The number of unbranched alkanes of at least 4 members (excludes halogenated alkanes) is 2. The van der Waals surface area contributed by atoms with Crippen molar-refractivity contribution >= 4 is 17.7 Å². The third kappa shape index (κ3) is 10.1. The third-order valence-corrected chi connectivity index (χ3v) is 5.64. The van der Waals surface area contributed by atoms with Crippen molar-refractivity contribution in [1.29, 1.82) is 0 Å². The standard InChI is InChI=1S/C18H38N4S/c1-5-19-17(21-16-18(2,3)23-4)20-12-8-6-9-13-22-14-10-7-11-15-22/h5-16H2,1-4H3,(H2,19,20,21). The van der Waals surface area contributed by atoms with E-state index in [1.54, 1.807) is 0 Å². The Morgan fingerprint density at radius 2 is 1.83 bits per heavy atom. The highest BCUT2D eigenvalue weighted by molar-refractivity contribution is 7.99. The van der Waals surface area contributed by atoms with Crippen LogP contribution in [0.1, 0.15) is 59.3 Å². The van der Waals surface area contributed by atoms with Gasteiger partial charge in [0.05, 0.1) is 6.54 Å². The second-order valence-corrected chi connectivity index (χ2v) is 8.56. The number of thioether (sulfide) groups is 1. The Morgan fingerprint density at radius 1 is 1.09 bits per heavy atom. The molecule has 1 aliphatic heterocycles. The van der Waals surface area contributed by atoms with Crippen LogP contribution in [0.5, 0.6) is 0 Å². The minimum atomic E-state index is 0.205. The van der Waals surface area contributed by atoms with Crippen LogP contribution in [0.15, 0.2) is 4.99 Å². The van der Waals surface area contributed by atoms with Gasteiger partial charge in [0, 0.05) is 17.8 Å². The van der Waals surface area contributed by atoms with E-state index in [-0.39, 0.29) is 4.75 Å². The van der Waals surface area contributed by atoms with Crippen LogP contribution in [0.4, 0.5) is 0 Å². The maximum Gasteiger partial charge on any atom is 0.191 e. The molecule has 0 saturated carbocycles. The highest BCUT2D eigenvalue weighted by atomic mass is 32.2. The molecule has 0 aromatic carbocycles. The van der Waals surface area contributed by atoms with Gasteiger partial charge in [0.1, 0.15) is 0 Å². The van der Waals surface area contributed by atoms with Crippen molar-refractivity contribution < 1.29 is 0 Å². The summed E-state index contributed by atoms with van der Waals surface area (Å²) < 4.78 is 0.205. The number of nitrogens with one attached hydrogen (secondary N) is 2. The van der Waals surface area contributed by atoms with Crippen LogP contribution in [-0.4, -0.2) is 61.1 Å². The molecule has 0 aromatic rings. The van der Waals surface area contributed by atoms with Crippen molar-refractivity contribution in [2.75, 3.05) is 45.5 Å². The van der Waals surface area contributed by atoms with Crippen LogP contribution in [0.3, 0.4) is 0 Å². The average Bonchev–Trinajstić information content (AvgIpc) is 2.56. The fourth-order valence-electron chi connectivity index (χ4n) is 2.70. The molecule has 1 rings (SSSR count). The van der Waals surface area contributed by atoms with Crippen molar-refractivity contribution in [3.8, 4) is 0 Å². The van der Waals surface area contributed by atoms with E-state index in [0.717, 1.165) is 25.6 Å². The lowest BCUT2D eigenvalue weighted by Gasteiger charge is -2.26. The second-order valence-electron chi connectivity index (χ2n) is 7.05. The maximum atomic E-state index is 4.71. The Labute approximate surface area is 148 Å². The van der Waals surface area contributed by atoms with Crippen molar-refractivity contribution in [3.63, 3.8) is 0 Å². The SMILES string of the molecule is CCNC(=NCC(C)(C)SC)NCCCCCN1CCCCC1. The van der Waals surface area contributed by atoms with Gasteiger partial charge in [-0.1, -0.05) is 12.8 Å². The predicted octanol–water partition coefficient (Wildman–Crippen LogP) is 3.34. The Balaban J connectivity index is 2.13. The minimum Gasteiger partial charge on any atom is -0.357 e. The molecule has 2 N–H and O–H groups in total. The topological polar surface area (TPSA) is 39.7 Å². The molecule has 0 aromatic heterocycles. The zero-order valence-electron chi connectivity index (χ0n) is 15.8. The summed E-state index contributed by atoms with van der Waals surface area (Å²) in [6.07, 6.45) is 10.2. The summed E-state index contributed by atoms with van der Waals surface area (Å²) in [5.41, 5.74) is 0. The molecule has 0 aliphatic carbocycles. The van der Waals surface area contributed by atoms with Gasteiger partial charge in [-0.15, -0.1) is 0 Å². The molecule has 0 spiro atoms. The molecule has 1 fully saturated rings. The number of aliphatic imine (C=N–C) groups is 1. The van der Waals surface area contributed by atoms with Gasteiger partial charge in [0.25, 0.3) is 0 Å². The fourth-order valence-corrected chi connectivity index (χ4v) is 2.90. The summed E-state index contributed by atoms with van der Waals surface area (Å²) in [4.78, 5) is 7.34. The number of guanidine groups is 1. The number of hydrogen-bond donors (Lipinski definition) is 2. The Hall–Kier alpha value is -0.420. The first-order chi connectivity index (χ1) is 11.1. The predicted molar refractivity (Wildman–Crippen MR) is 106 cm³/mol. The van der Waals surface area contributed by atoms with Crippen LogP contribution >= 0.6 is 11.8 Å². The van der Waals surface area contributed by atoms with Crippen LogP contribution in [0.25, 0.3) is 0 Å². The summed E-state index contributed by atoms with van der Waals surface area (Å²) in [6.45, 7) is 13.3. The summed E-state index contributed by atoms with van der Waals surface area (Å²) in [5, 5.41) is 6.82. The zero-order chi connectivity index (χ0) is 17.0. The normalized spacial score (nSPS) is 17.3. The highest BCUT2D eigenvalue weighted by Gasteiger charge is 2.15. The van der Waals surface area contributed by atoms with E-state index < -0.39 is 0 Å². The van der Waals surface area contributed by atoms with Crippen molar-refractivity contribution in [3.05, 3.63) is 0 Å². The van der Waals surface area contributed by atoms with Crippen molar-refractivity contribution in [1.82, 2.24) is 15.5 Å². The van der Waals surface area contributed by atoms with E-state index in [0.29, 0.717) is 0 Å². The molecule has 0 amide bonds. The molecule has 23 heavy (non-hydrogen) atoms. The zero-order valence-corrected chi connectivity index (χ0v) is 16.6. The molecular formula is C18H38N4S. The lowest BCUT2D eigenvalue weighted by Crippen LogP contribution is -2.39. The molecule has 1 saturated heterocycles. The number of piperidine rings is 1. The largest absolute Gasteiger partial charge is 0.357 e. The Bertz CT molecular complexity index is 325.